The quantitative estimate of drug-likeness (QED) is 0.295. The highest BCUT2D eigenvalue weighted by Crippen LogP contribution is 2.50. The number of anilines is 2. The van der Waals surface area contributed by atoms with E-state index in [0.717, 1.165) is 55.0 Å². The van der Waals surface area contributed by atoms with Crippen LogP contribution in [-0.2, 0) is 16.0 Å². The normalized spacial score (nSPS) is 19.5. The predicted octanol–water partition coefficient (Wildman–Crippen LogP) is 6.81. The third-order valence-electron chi connectivity index (χ3n) is 9.65. The summed E-state index contributed by atoms with van der Waals surface area (Å²) in [6.07, 6.45) is 4.10. The molecule has 1 unspecified atom stereocenters. The molecule has 1 atom stereocenters. The Morgan fingerprint density at radius 3 is 2.20 bits per heavy atom. The highest BCUT2D eigenvalue weighted by atomic mass is 16.5. The molecular formula is C38H45N3O5. The molecule has 1 saturated heterocycles. The zero-order valence-electron chi connectivity index (χ0n) is 27.6. The Morgan fingerprint density at radius 2 is 1.54 bits per heavy atom. The number of nitrogens with one attached hydrogen (secondary N) is 1. The summed E-state index contributed by atoms with van der Waals surface area (Å²) in [5.41, 5.74) is 5.26. The number of carbonyl (C=O) groups excluding carboxylic acids is 2. The molecule has 1 amide bonds. The fourth-order valence-corrected chi connectivity index (χ4v) is 7.41. The van der Waals surface area contributed by atoms with Crippen LogP contribution in [0.3, 0.4) is 0 Å². The van der Waals surface area contributed by atoms with Crippen LogP contribution in [0, 0.1) is 11.3 Å². The van der Waals surface area contributed by atoms with E-state index in [4.69, 9.17) is 14.2 Å². The number of fused-ring (bicyclic) bond motifs is 1. The molecular weight excluding hydrogens is 578 g/mol. The van der Waals surface area contributed by atoms with E-state index in [1.54, 1.807) is 21.3 Å². The first-order valence-electron chi connectivity index (χ1n) is 16.2. The minimum absolute atomic E-state index is 0.0537. The highest BCUT2D eigenvalue weighted by molar-refractivity contribution is 6.02. The van der Waals surface area contributed by atoms with Gasteiger partial charge in [-0.3, -0.25) is 9.59 Å². The third-order valence-corrected chi connectivity index (χ3v) is 9.65. The van der Waals surface area contributed by atoms with E-state index < -0.39 is 6.04 Å². The number of ether oxygens (including phenoxy) is 3. The van der Waals surface area contributed by atoms with Gasteiger partial charge in [0.15, 0.2) is 17.3 Å². The van der Waals surface area contributed by atoms with Gasteiger partial charge in [-0.2, -0.15) is 0 Å². The van der Waals surface area contributed by atoms with Gasteiger partial charge in [-0.25, -0.2) is 0 Å². The number of likely N-dealkylation sites (tertiary alicyclic amines) is 1. The maximum absolute atomic E-state index is 14.2. The summed E-state index contributed by atoms with van der Waals surface area (Å²) in [6, 6.07) is 21.9. The minimum atomic E-state index is -0.553. The van der Waals surface area contributed by atoms with Crippen molar-refractivity contribution in [1.29, 1.82) is 0 Å². The van der Waals surface area contributed by atoms with Gasteiger partial charge < -0.3 is 29.3 Å². The Kier molecular flexibility index (Phi) is 8.98. The van der Waals surface area contributed by atoms with Gasteiger partial charge in [0.25, 0.3) is 0 Å². The molecule has 1 fully saturated rings. The largest absolute Gasteiger partial charge is 0.493 e. The number of allylic oxidation sites excluding steroid dienone is 1. The van der Waals surface area contributed by atoms with E-state index >= 15 is 0 Å². The maximum Gasteiger partial charge on any atom is 0.242 e. The number of nitrogens with zero attached hydrogens (tertiary/aromatic N) is 2. The van der Waals surface area contributed by atoms with Crippen molar-refractivity contribution in [1.82, 2.24) is 4.90 Å². The monoisotopic (exact) mass is 623 g/mol. The Hall–Kier alpha value is -4.46. The van der Waals surface area contributed by atoms with Crippen molar-refractivity contribution in [3.8, 4) is 17.2 Å². The lowest BCUT2D eigenvalue weighted by molar-refractivity contribution is -0.131. The second kappa shape index (κ2) is 13.1. The predicted molar refractivity (Wildman–Crippen MR) is 181 cm³/mol. The van der Waals surface area contributed by atoms with Crippen molar-refractivity contribution in [3.63, 3.8) is 0 Å². The van der Waals surface area contributed by atoms with Crippen LogP contribution in [0.25, 0.3) is 0 Å². The summed E-state index contributed by atoms with van der Waals surface area (Å²) in [5.74, 6) is 2.16. The maximum atomic E-state index is 14.2. The number of hydrogen-bond acceptors (Lipinski definition) is 7. The van der Waals surface area contributed by atoms with Gasteiger partial charge in [-0.05, 0) is 72.4 Å². The van der Waals surface area contributed by atoms with Gasteiger partial charge >= 0.3 is 0 Å². The average Bonchev–Trinajstić information content (AvgIpc) is 3.18. The summed E-state index contributed by atoms with van der Waals surface area (Å²) in [4.78, 5) is 32.5. The Bertz CT molecular complexity index is 1600. The highest BCUT2D eigenvalue weighted by Gasteiger charge is 2.43. The van der Waals surface area contributed by atoms with Crippen LogP contribution in [-0.4, -0.2) is 57.6 Å². The summed E-state index contributed by atoms with van der Waals surface area (Å²) in [5, 5.41) is 3.64. The number of amides is 1. The van der Waals surface area contributed by atoms with Gasteiger partial charge in [0.2, 0.25) is 11.7 Å². The topological polar surface area (TPSA) is 80.3 Å². The lowest BCUT2D eigenvalue weighted by Gasteiger charge is -2.39. The van der Waals surface area contributed by atoms with Gasteiger partial charge in [-0.1, -0.05) is 56.3 Å². The van der Waals surface area contributed by atoms with Crippen molar-refractivity contribution in [3.05, 3.63) is 89.1 Å². The molecule has 0 spiro atoms. The molecule has 3 aromatic carbocycles. The van der Waals surface area contributed by atoms with Crippen molar-refractivity contribution in [2.24, 2.45) is 11.3 Å². The standard InChI is InChI=1S/C38H45N3O5/c1-38(2)22-29-35(31(42)23-38)36(27-20-32(44-3)37(46-5)33(21-27)45-4)41(30-14-10-9-13-28(30)39-29)24-34(43)40-17-15-26(16-18-40)19-25-11-7-6-8-12-25/h6-14,20-21,26,36,39H,15-19,22-24H2,1-5H3. The molecule has 3 aliphatic rings. The molecule has 1 N–H and O–H groups in total. The number of para-hydroxylation sites is 2. The van der Waals surface area contributed by atoms with E-state index in [-0.39, 0.29) is 23.7 Å². The van der Waals surface area contributed by atoms with Crippen molar-refractivity contribution >= 4 is 23.1 Å². The first-order valence-corrected chi connectivity index (χ1v) is 16.2. The number of ketones is 1. The number of rotatable bonds is 8. The van der Waals surface area contributed by atoms with Crippen LogP contribution >= 0.6 is 0 Å². The van der Waals surface area contributed by atoms with Crippen molar-refractivity contribution < 1.29 is 23.8 Å². The average molecular weight is 624 g/mol. The molecule has 1 aliphatic carbocycles. The van der Waals surface area contributed by atoms with E-state index in [0.29, 0.717) is 41.6 Å². The number of benzene rings is 3. The van der Waals surface area contributed by atoms with Gasteiger partial charge in [-0.15, -0.1) is 0 Å². The first-order chi connectivity index (χ1) is 22.2. The zero-order chi connectivity index (χ0) is 32.4. The molecule has 8 heteroatoms. The van der Waals surface area contributed by atoms with Gasteiger partial charge in [0.05, 0.1) is 45.3 Å². The molecule has 2 heterocycles. The smallest absolute Gasteiger partial charge is 0.242 e. The van der Waals surface area contributed by atoms with Crippen LogP contribution in [0.1, 0.15) is 56.7 Å². The first kappa shape index (κ1) is 31.5. The summed E-state index contributed by atoms with van der Waals surface area (Å²) >= 11 is 0. The van der Waals surface area contributed by atoms with E-state index in [9.17, 15) is 9.59 Å². The minimum Gasteiger partial charge on any atom is -0.493 e. The number of carbonyl (C=O) groups is 2. The molecule has 3 aromatic rings. The van der Waals surface area contributed by atoms with Crippen LogP contribution in [0.15, 0.2) is 78.0 Å². The van der Waals surface area contributed by atoms with E-state index in [1.807, 2.05) is 47.4 Å². The lowest BCUT2D eigenvalue weighted by atomic mass is 9.73. The molecule has 0 radical (unpaired) electrons. The second-order valence-corrected chi connectivity index (χ2v) is 13.5. The van der Waals surface area contributed by atoms with Crippen LogP contribution in [0.4, 0.5) is 11.4 Å². The molecule has 6 rings (SSSR count). The van der Waals surface area contributed by atoms with Crippen LogP contribution in [0.5, 0.6) is 17.2 Å². The van der Waals surface area contributed by atoms with Gasteiger partial charge in [0, 0.05) is 30.8 Å². The van der Waals surface area contributed by atoms with Crippen molar-refractivity contribution in [2.45, 2.75) is 52.0 Å². The summed E-state index contributed by atoms with van der Waals surface area (Å²) in [6.45, 7) is 5.82. The SMILES string of the molecule is COc1cc(C2C3=C(CC(C)(C)CC3=O)Nc3ccccc3N2CC(=O)N2CCC(Cc3ccccc3)CC2)cc(OC)c1OC. The fraction of sp³-hybridized carbons (Fsp3) is 0.421. The Balaban J connectivity index is 1.39. The zero-order valence-corrected chi connectivity index (χ0v) is 27.6. The van der Waals surface area contributed by atoms with E-state index in [1.165, 1.54) is 5.56 Å². The number of methoxy groups -OCH3 is 3. The van der Waals surface area contributed by atoms with Gasteiger partial charge in [0.1, 0.15) is 0 Å². The second-order valence-electron chi connectivity index (χ2n) is 13.5. The van der Waals surface area contributed by atoms with Crippen LogP contribution < -0.4 is 24.4 Å². The Morgan fingerprint density at radius 1 is 0.891 bits per heavy atom. The van der Waals surface area contributed by atoms with E-state index in [2.05, 4.69) is 48.3 Å². The fourth-order valence-electron chi connectivity index (χ4n) is 7.41. The number of piperidine rings is 1. The molecule has 242 valence electrons. The third kappa shape index (κ3) is 6.30. The number of hydrogen-bond donors (Lipinski definition) is 1. The molecule has 0 saturated carbocycles. The molecule has 46 heavy (non-hydrogen) atoms. The molecule has 2 aliphatic heterocycles. The van der Waals surface area contributed by atoms with Crippen LogP contribution in [0.2, 0.25) is 0 Å². The van der Waals surface area contributed by atoms with Crippen molar-refractivity contribution in [2.75, 3.05) is 51.2 Å². The Labute approximate surface area is 272 Å². The summed E-state index contributed by atoms with van der Waals surface area (Å²) in [7, 11) is 4.76. The molecule has 8 nitrogen and oxygen atoms in total. The summed E-state index contributed by atoms with van der Waals surface area (Å²) < 4.78 is 17.1. The molecule has 0 aromatic heterocycles. The number of Topliss-reactive ketones (excluding diaryl/α,β-unsaturated/α-hetero) is 1. The lowest BCUT2D eigenvalue weighted by Crippen LogP contribution is -2.46. The molecule has 0 bridgehead atoms.